The highest BCUT2D eigenvalue weighted by molar-refractivity contribution is 7.09. The molecule has 0 aliphatic carbocycles. The Morgan fingerprint density at radius 3 is 2.77 bits per heavy atom. The van der Waals surface area contributed by atoms with Crippen LogP contribution in [0.15, 0.2) is 60.1 Å². The molecule has 0 bridgehead atoms. The molecule has 2 aromatic heterocycles. The van der Waals surface area contributed by atoms with Crippen LogP contribution in [0.4, 0.5) is 14.6 Å². The number of hydrogen-bond donors (Lipinski definition) is 1. The zero-order chi connectivity index (χ0) is 21.1. The van der Waals surface area contributed by atoms with Crippen LogP contribution in [-0.4, -0.2) is 20.7 Å². The van der Waals surface area contributed by atoms with Gasteiger partial charge in [-0.25, -0.2) is 18.4 Å². The van der Waals surface area contributed by atoms with Crippen LogP contribution < -0.4 is 5.32 Å². The molecule has 0 fully saturated rings. The first kappa shape index (κ1) is 19.9. The van der Waals surface area contributed by atoms with Crippen molar-refractivity contribution in [3.8, 4) is 0 Å². The summed E-state index contributed by atoms with van der Waals surface area (Å²) >= 11 is 1.41. The Balaban J connectivity index is 1.50. The van der Waals surface area contributed by atoms with Crippen molar-refractivity contribution in [3.63, 3.8) is 0 Å². The van der Waals surface area contributed by atoms with Crippen molar-refractivity contribution in [1.82, 2.24) is 14.8 Å². The maximum absolute atomic E-state index is 14.0. The molecule has 0 spiro atoms. The van der Waals surface area contributed by atoms with E-state index in [1.807, 2.05) is 30.3 Å². The fraction of sp³-hybridized carbons (Fsp3) is 0.136. The number of halogens is 2. The lowest BCUT2D eigenvalue weighted by atomic mass is 10.2. The summed E-state index contributed by atoms with van der Waals surface area (Å²) < 4.78 is 28.9. The summed E-state index contributed by atoms with van der Waals surface area (Å²) in [5, 5.41) is 9.52. The third kappa shape index (κ3) is 4.44. The number of rotatable bonds is 6. The minimum Gasteiger partial charge on any atom is -0.305 e. The highest BCUT2D eigenvalue weighted by Crippen LogP contribution is 2.20. The maximum Gasteiger partial charge on any atom is 0.276 e. The smallest absolute Gasteiger partial charge is 0.276 e. The highest BCUT2D eigenvalue weighted by Gasteiger charge is 2.17. The number of carbonyl (C=O) groups excluding carboxylic acids is 1. The molecule has 2 heterocycles. The first-order chi connectivity index (χ1) is 14.5. The molecule has 0 saturated carbocycles. The quantitative estimate of drug-likeness (QED) is 0.483. The Hall–Kier alpha value is -3.39. The standard InChI is InChI=1S/C22H18F2N4OS/c1-14-11-25-28(12-16-10-17(23)7-8-18(16)24)21(14)27-22(29)19-13-30-20(26-19)9-15-5-3-2-4-6-15/h2-8,10-11,13H,9,12H2,1H3,(H,27,29). The van der Waals surface area contributed by atoms with E-state index in [1.165, 1.54) is 16.0 Å². The minimum atomic E-state index is -0.535. The molecule has 0 aliphatic heterocycles. The number of aryl methyl sites for hydroxylation is 1. The molecule has 0 radical (unpaired) electrons. The monoisotopic (exact) mass is 424 g/mol. The lowest BCUT2D eigenvalue weighted by Gasteiger charge is -2.10. The molecule has 0 unspecified atom stereocenters. The van der Waals surface area contributed by atoms with Gasteiger partial charge in [-0.1, -0.05) is 30.3 Å². The topological polar surface area (TPSA) is 59.8 Å². The van der Waals surface area contributed by atoms with Gasteiger partial charge in [-0.15, -0.1) is 11.3 Å². The van der Waals surface area contributed by atoms with Crippen LogP contribution in [0, 0.1) is 18.6 Å². The van der Waals surface area contributed by atoms with E-state index in [4.69, 9.17) is 0 Å². The van der Waals surface area contributed by atoms with Crippen molar-refractivity contribution in [1.29, 1.82) is 0 Å². The van der Waals surface area contributed by atoms with E-state index in [0.717, 1.165) is 28.8 Å². The summed E-state index contributed by atoms with van der Waals surface area (Å²) in [6.07, 6.45) is 2.21. The molecule has 152 valence electrons. The molecule has 30 heavy (non-hydrogen) atoms. The molecule has 8 heteroatoms. The SMILES string of the molecule is Cc1cnn(Cc2cc(F)ccc2F)c1NC(=O)c1csc(Cc2ccccc2)n1. The number of amides is 1. The van der Waals surface area contributed by atoms with Crippen molar-refractivity contribution in [2.75, 3.05) is 5.32 Å². The van der Waals surface area contributed by atoms with Crippen LogP contribution in [0.2, 0.25) is 0 Å². The molecule has 0 saturated heterocycles. The van der Waals surface area contributed by atoms with E-state index >= 15 is 0 Å². The number of carbonyl (C=O) groups is 1. The molecule has 5 nitrogen and oxygen atoms in total. The van der Waals surface area contributed by atoms with Crippen molar-refractivity contribution in [3.05, 3.63) is 99.1 Å². The van der Waals surface area contributed by atoms with Gasteiger partial charge in [-0.05, 0) is 30.7 Å². The van der Waals surface area contributed by atoms with Gasteiger partial charge in [0.1, 0.15) is 23.1 Å². The average molecular weight is 424 g/mol. The Kier molecular flexibility index (Phi) is 5.67. The number of benzene rings is 2. The number of aromatic nitrogens is 3. The third-order valence-electron chi connectivity index (χ3n) is 4.56. The van der Waals surface area contributed by atoms with Gasteiger partial charge >= 0.3 is 0 Å². The maximum atomic E-state index is 14.0. The fourth-order valence-electron chi connectivity index (χ4n) is 3.03. The van der Waals surface area contributed by atoms with Gasteiger partial charge in [-0.3, -0.25) is 4.79 Å². The molecule has 1 N–H and O–H groups in total. The van der Waals surface area contributed by atoms with E-state index in [2.05, 4.69) is 15.4 Å². The molecule has 4 aromatic rings. The van der Waals surface area contributed by atoms with Gasteiger partial charge < -0.3 is 5.32 Å². The van der Waals surface area contributed by atoms with Crippen LogP contribution in [0.1, 0.15) is 32.2 Å². The Morgan fingerprint density at radius 1 is 1.17 bits per heavy atom. The molecule has 0 aliphatic rings. The van der Waals surface area contributed by atoms with Crippen molar-refractivity contribution >= 4 is 23.1 Å². The Morgan fingerprint density at radius 2 is 1.97 bits per heavy atom. The van der Waals surface area contributed by atoms with Crippen LogP contribution in [-0.2, 0) is 13.0 Å². The van der Waals surface area contributed by atoms with Crippen LogP contribution >= 0.6 is 11.3 Å². The summed E-state index contributed by atoms with van der Waals surface area (Å²) in [7, 11) is 0. The van der Waals surface area contributed by atoms with Crippen molar-refractivity contribution in [2.45, 2.75) is 19.9 Å². The summed E-state index contributed by atoms with van der Waals surface area (Å²) in [6.45, 7) is 1.77. The number of nitrogens with zero attached hydrogens (tertiary/aromatic N) is 3. The first-order valence-electron chi connectivity index (χ1n) is 9.25. The lowest BCUT2D eigenvalue weighted by molar-refractivity contribution is 0.102. The van der Waals surface area contributed by atoms with Crippen molar-refractivity contribution < 1.29 is 13.6 Å². The second-order valence-electron chi connectivity index (χ2n) is 6.81. The van der Waals surface area contributed by atoms with Crippen molar-refractivity contribution in [2.24, 2.45) is 0 Å². The molecular formula is C22H18F2N4OS. The first-order valence-corrected chi connectivity index (χ1v) is 10.1. The highest BCUT2D eigenvalue weighted by atomic mass is 32.1. The van der Waals surface area contributed by atoms with Gasteiger partial charge in [0.25, 0.3) is 5.91 Å². The minimum absolute atomic E-state index is 0.0105. The summed E-state index contributed by atoms with van der Waals surface area (Å²) in [5.41, 5.74) is 2.27. The fourth-order valence-corrected chi connectivity index (χ4v) is 3.83. The molecule has 2 aromatic carbocycles. The average Bonchev–Trinajstić information content (AvgIpc) is 3.33. The molecule has 1 amide bonds. The van der Waals surface area contributed by atoms with E-state index in [-0.39, 0.29) is 18.0 Å². The second-order valence-corrected chi connectivity index (χ2v) is 7.76. The third-order valence-corrected chi connectivity index (χ3v) is 5.41. The van der Waals surface area contributed by atoms with E-state index < -0.39 is 11.6 Å². The zero-order valence-corrected chi connectivity index (χ0v) is 16.9. The molecule has 0 atom stereocenters. The predicted octanol–water partition coefficient (Wildman–Crippen LogP) is 4.82. The van der Waals surface area contributed by atoms with Gasteiger partial charge in [0.05, 0.1) is 17.7 Å². The Bertz CT molecular complexity index is 1190. The lowest BCUT2D eigenvalue weighted by Crippen LogP contribution is -2.17. The zero-order valence-electron chi connectivity index (χ0n) is 16.1. The summed E-state index contributed by atoms with van der Waals surface area (Å²) in [4.78, 5) is 17.1. The molecule has 4 rings (SSSR count). The normalized spacial score (nSPS) is 10.9. The predicted molar refractivity (Wildman–Crippen MR) is 112 cm³/mol. The summed E-state index contributed by atoms with van der Waals surface area (Å²) in [5.74, 6) is -1.03. The number of thiazole rings is 1. The largest absolute Gasteiger partial charge is 0.305 e. The number of anilines is 1. The second kappa shape index (κ2) is 8.54. The Labute approximate surface area is 176 Å². The van der Waals surface area contributed by atoms with Crippen LogP contribution in [0.25, 0.3) is 0 Å². The van der Waals surface area contributed by atoms with E-state index in [0.29, 0.717) is 23.5 Å². The van der Waals surface area contributed by atoms with Gasteiger partial charge in [0.15, 0.2) is 0 Å². The van der Waals surface area contributed by atoms with Crippen LogP contribution in [0.3, 0.4) is 0 Å². The van der Waals surface area contributed by atoms with E-state index in [9.17, 15) is 13.6 Å². The number of hydrogen-bond acceptors (Lipinski definition) is 4. The van der Waals surface area contributed by atoms with Crippen LogP contribution in [0.5, 0.6) is 0 Å². The molecular weight excluding hydrogens is 406 g/mol. The van der Waals surface area contributed by atoms with Gasteiger partial charge in [0, 0.05) is 22.9 Å². The summed E-state index contributed by atoms with van der Waals surface area (Å²) in [6, 6.07) is 13.1. The van der Waals surface area contributed by atoms with Gasteiger partial charge in [0.2, 0.25) is 0 Å². The number of nitrogens with one attached hydrogen (secondary N) is 1. The van der Waals surface area contributed by atoms with E-state index in [1.54, 1.807) is 18.5 Å². The van der Waals surface area contributed by atoms with Gasteiger partial charge in [-0.2, -0.15) is 5.10 Å².